The summed E-state index contributed by atoms with van der Waals surface area (Å²) in [6.07, 6.45) is -11.7. The molecule has 1 fully saturated rings. The molecule has 8 heteroatoms. The van der Waals surface area contributed by atoms with Crippen molar-refractivity contribution in [2.45, 2.75) is 25.7 Å². The third-order valence-corrected chi connectivity index (χ3v) is 3.55. The Hall–Kier alpha value is -1.47. The minimum atomic E-state index is -5.33. The number of nitrogens with zero attached hydrogens (tertiary/aromatic N) is 2. The van der Waals surface area contributed by atoms with Gasteiger partial charge in [-0.3, -0.25) is 0 Å². The number of anilines is 1. The Morgan fingerprint density at radius 2 is 1.70 bits per heavy atom. The van der Waals surface area contributed by atoms with E-state index < -0.39 is 30.7 Å². The van der Waals surface area contributed by atoms with Crippen LogP contribution in [0.1, 0.15) is 12.1 Å². The molecule has 2 nitrogen and oxygen atoms in total. The molecule has 0 aliphatic carbocycles. The summed E-state index contributed by atoms with van der Waals surface area (Å²) in [5, 5.41) is 0. The van der Waals surface area contributed by atoms with Crippen LogP contribution in [0.3, 0.4) is 0 Å². The van der Waals surface area contributed by atoms with Gasteiger partial charge < -0.3 is 4.90 Å². The van der Waals surface area contributed by atoms with Gasteiger partial charge in [0.15, 0.2) is 5.41 Å². The largest absolute Gasteiger partial charge is 0.404 e. The van der Waals surface area contributed by atoms with E-state index in [0.717, 1.165) is 4.90 Å². The highest BCUT2D eigenvalue weighted by atomic mass is 19.4. The van der Waals surface area contributed by atoms with Crippen LogP contribution in [-0.2, 0) is 0 Å². The summed E-state index contributed by atoms with van der Waals surface area (Å²) in [7, 11) is 0. The lowest BCUT2D eigenvalue weighted by molar-refractivity contribution is -0.332. The predicted molar refractivity (Wildman–Crippen MR) is 60.3 cm³/mol. The van der Waals surface area contributed by atoms with Crippen molar-refractivity contribution in [3.63, 3.8) is 0 Å². The number of pyridine rings is 1. The molecule has 1 aliphatic heterocycles. The SMILES string of the molecule is Cc1cccc(N2CCC(C(F)(F)F)(C(F)(F)F)C2)n1. The Morgan fingerprint density at radius 3 is 2.15 bits per heavy atom. The van der Waals surface area contributed by atoms with Crippen LogP contribution in [0.2, 0.25) is 0 Å². The van der Waals surface area contributed by atoms with Gasteiger partial charge in [-0.2, -0.15) is 26.3 Å². The van der Waals surface area contributed by atoms with E-state index in [9.17, 15) is 26.3 Å². The van der Waals surface area contributed by atoms with E-state index in [1.165, 1.54) is 6.07 Å². The summed E-state index contributed by atoms with van der Waals surface area (Å²) in [5.74, 6) is 0.139. The number of aromatic nitrogens is 1. The zero-order valence-corrected chi connectivity index (χ0v) is 10.5. The van der Waals surface area contributed by atoms with Crippen molar-refractivity contribution < 1.29 is 26.3 Å². The maximum Gasteiger partial charge on any atom is 0.404 e. The molecule has 112 valence electrons. The zero-order valence-electron chi connectivity index (χ0n) is 10.5. The van der Waals surface area contributed by atoms with Gasteiger partial charge in [0, 0.05) is 18.8 Å². The molecule has 1 aliphatic rings. The van der Waals surface area contributed by atoms with Gasteiger partial charge in [-0.25, -0.2) is 4.98 Å². The van der Waals surface area contributed by atoms with Crippen LogP contribution in [0.5, 0.6) is 0 Å². The minimum Gasteiger partial charge on any atom is -0.355 e. The Morgan fingerprint density at radius 1 is 1.10 bits per heavy atom. The lowest BCUT2D eigenvalue weighted by Crippen LogP contribution is -2.51. The third-order valence-electron chi connectivity index (χ3n) is 3.55. The molecule has 0 spiro atoms. The number of rotatable bonds is 1. The minimum absolute atomic E-state index is 0.139. The first-order chi connectivity index (χ1) is 9.07. The standard InChI is InChI=1S/C12H12F6N2/c1-8-3-2-4-9(19-8)20-6-5-10(7-20,11(13,14)15)12(16,17)18/h2-4H,5-7H2,1H3. The summed E-state index contributed by atoms with van der Waals surface area (Å²) < 4.78 is 77.5. The molecule has 2 heterocycles. The van der Waals surface area contributed by atoms with E-state index in [4.69, 9.17) is 0 Å². The van der Waals surface area contributed by atoms with E-state index in [-0.39, 0.29) is 12.4 Å². The van der Waals surface area contributed by atoms with Crippen LogP contribution in [-0.4, -0.2) is 30.4 Å². The molecule has 20 heavy (non-hydrogen) atoms. The van der Waals surface area contributed by atoms with Crippen molar-refractivity contribution in [1.82, 2.24) is 4.98 Å². The summed E-state index contributed by atoms with van der Waals surface area (Å²) >= 11 is 0. The van der Waals surface area contributed by atoms with Gasteiger partial charge in [0.25, 0.3) is 0 Å². The first-order valence-electron chi connectivity index (χ1n) is 5.89. The molecule has 0 aromatic carbocycles. The van der Waals surface area contributed by atoms with Crippen LogP contribution >= 0.6 is 0 Å². The topological polar surface area (TPSA) is 16.1 Å². The van der Waals surface area contributed by atoms with Crippen LogP contribution in [0.15, 0.2) is 18.2 Å². The quantitative estimate of drug-likeness (QED) is 0.735. The first-order valence-corrected chi connectivity index (χ1v) is 5.89. The maximum atomic E-state index is 12.9. The van der Waals surface area contributed by atoms with Gasteiger partial charge in [-0.15, -0.1) is 0 Å². The zero-order chi connectivity index (χ0) is 15.2. The van der Waals surface area contributed by atoms with Gasteiger partial charge in [-0.1, -0.05) is 6.07 Å². The third kappa shape index (κ3) is 2.31. The molecule has 1 saturated heterocycles. The summed E-state index contributed by atoms with van der Waals surface area (Å²) in [6, 6.07) is 4.59. The Kier molecular flexibility index (Phi) is 3.38. The van der Waals surface area contributed by atoms with Gasteiger partial charge in [0.2, 0.25) is 0 Å². The Balaban J connectivity index is 2.34. The predicted octanol–water partition coefficient (Wildman–Crippen LogP) is 3.71. The highest BCUT2D eigenvalue weighted by Crippen LogP contribution is 2.55. The molecule has 1 aromatic heterocycles. The number of hydrogen-bond acceptors (Lipinski definition) is 2. The van der Waals surface area contributed by atoms with E-state index in [0.29, 0.717) is 5.69 Å². The fraction of sp³-hybridized carbons (Fsp3) is 0.583. The highest BCUT2D eigenvalue weighted by molar-refractivity contribution is 5.41. The van der Waals surface area contributed by atoms with Crippen molar-refractivity contribution in [3.05, 3.63) is 23.9 Å². The molecule has 1 aromatic rings. The number of alkyl halides is 6. The molecule has 0 atom stereocenters. The first kappa shape index (κ1) is 14.9. The van der Waals surface area contributed by atoms with Crippen LogP contribution in [0.25, 0.3) is 0 Å². The smallest absolute Gasteiger partial charge is 0.355 e. The molecule has 2 rings (SSSR count). The highest BCUT2D eigenvalue weighted by Gasteiger charge is 2.72. The normalized spacial score (nSPS) is 19.4. The average molecular weight is 298 g/mol. The monoisotopic (exact) mass is 298 g/mol. The van der Waals surface area contributed by atoms with Crippen molar-refractivity contribution in [2.24, 2.45) is 5.41 Å². The van der Waals surface area contributed by atoms with Crippen molar-refractivity contribution >= 4 is 5.82 Å². The molecule has 0 N–H and O–H groups in total. The van der Waals surface area contributed by atoms with Gasteiger partial charge in [0.1, 0.15) is 5.82 Å². The lowest BCUT2D eigenvalue weighted by Gasteiger charge is -2.33. The maximum absolute atomic E-state index is 12.9. The Bertz CT molecular complexity index is 479. The molecule has 0 bridgehead atoms. The summed E-state index contributed by atoms with van der Waals surface area (Å²) in [5.41, 5.74) is -3.13. The second kappa shape index (κ2) is 4.53. The van der Waals surface area contributed by atoms with E-state index >= 15 is 0 Å². The van der Waals surface area contributed by atoms with Crippen LogP contribution < -0.4 is 4.90 Å². The fourth-order valence-electron chi connectivity index (χ4n) is 2.33. The lowest BCUT2D eigenvalue weighted by atomic mass is 9.85. The van der Waals surface area contributed by atoms with Crippen molar-refractivity contribution in [1.29, 1.82) is 0 Å². The van der Waals surface area contributed by atoms with Gasteiger partial charge in [0.05, 0.1) is 0 Å². The molecule has 0 saturated carbocycles. The molecule has 0 unspecified atom stereocenters. The number of hydrogen-bond donors (Lipinski definition) is 0. The van der Waals surface area contributed by atoms with E-state index in [2.05, 4.69) is 4.98 Å². The molecule has 0 radical (unpaired) electrons. The second-order valence-corrected chi connectivity index (χ2v) is 4.89. The van der Waals surface area contributed by atoms with E-state index in [1.54, 1.807) is 19.1 Å². The van der Waals surface area contributed by atoms with Gasteiger partial charge >= 0.3 is 12.4 Å². The molecular formula is C12H12F6N2. The van der Waals surface area contributed by atoms with Crippen LogP contribution in [0, 0.1) is 12.3 Å². The Labute approximate surface area is 111 Å². The molecular weight excluding hydrogens is 286 g/mol. The second-order valence-electron chi connectivity index (χ2n) is 4.89. The average Bonchev–Trinajstić information content (AvgIpc) is 2.73. The number of aryl methyl sites for hydroxylation is 1. The summed E-state index contributed by atoms with van der Waals surface area (Å²) in [4.78, 5) is 5.01. The summed E-state index contributed by atoms with van der Waals surface area (Å²) in [6.45, 7) is 0.159. The van der Waals surface area contributed by atoms with Crippen LogP contribution in [0.4, 0.5) is 32.2 Å². The molecule has 0 amide bonds. The van der Waals surface area contributed by atoms with Crippen molar-refractivity contribution in [3.8, 4) is 0 Å². The fourth-order valence-corrected chi connectivity index (χ4v) is 2.33. The van der Waals surface area contributed by atoms with Gasteiger partial charge in [-0.05, 0) is 25.5 Å². The van der Waals surface area contributed by atoms with E-state index in [1.807, 2.05) is 0 Å². The number of halogens is 6. The van der Waals surface area contributed by atoms with Crippen molar-refractivity contribution in [2.75, 3.05) is 18.0 Å².